The van der Waals surface area contributed by atoms with E-state index in [2.05, 4.69) is 28.4 Å². The van der Waals surface area contributed by atoms with Crippen LogP contribution in [0.5, 0.6) is 0 Å². The highest BCUT2D eigenvalue weighted by Crippen LogP contribution is 2.24. The molecule has 2 aliphatic heterocycles. The molecule has 1 fully saturated rings. The van der Waals surface area contributed by atoms with Crippen LogP contribution in [-0.4, -0.2) is 52.5 Å². The lowest BCUT2D eigenvalue weighted by molar-refractivity contribution is -0.116. The first-order valence-corrected chi connectivity index (χ1v) is 10.0. The molecule has 3 heterocycles. The number of aliphatic imine (C=N–C) groups is 1. The number of urea groups is 1. The highest BCUT2D eigenvalue weighted by atomic mass is 16.2. The van der Waals surface area contributed by atoms with Crippen LogP contribution in [0.3, 0.4) is 0 Å². The maximum atomic E-state index is 12.9. The van der Waals surface area contributed by atoms with E-state index in [4.69, 9.17) is 0 Å². The van der Waals surface area contributed by atoms with Crippen molar-refractivity contribution in [1.29, 1.82) is 0 Å². The van der Waals surface area contributed by atoms with Crippen molar-refractivity contribution in [1.82, 2.24) is 20.0 Å². The number of rotatable bonds is 7. The number of aromatic nitrogens is 2. The monoisotopic (exact) mass is 406 g/mol. The molecule has 0 atom stereocenters. The molecule has 0 spiro atoms. The number of hydrogen-bond acceptors (Lipinski definition) is 5. The number of anilines is 1. The van der Waals surface area contributed by atoms with Crippen molar-refractivity contribution in [2.24, 2.45) is 4.99 Å². The molecule has 0 unspecified atom stereocenters. The van der Waals surface area contributed by atoms with Gasteiger partial charge in [-0.25, -0.2) is 9.69 Å². The van der Waals surface area contributed by atoms with Crippen LogP contribution in [-0.2, 0) is 24.4 Å². The van der Waals surface area contributed by atoms with E-state index in [0.29, 0.717) is 18.8 Å². The topological polar surface area (TPSA) is 82.8 Å². The van der Waals surface area contributed by atoms with Gasteiger partial charge in [0.1, 0.15) is 6.54 Å². The van der Waals surface area contributed by atoms with Crippen molar-refractivity contribution in [2.45, 2.75) is 33.5 Å². The van der Waals surface area contributed by atoms with Crippen LogP contribution < -0.4 is 10.2 Å². The Balaban J connectivity index is 1.47. The predicted molar refractivity (Wildman–Crippen MR) is 115 cm³/mol. The largest absolute Gasteiger partial charge is 0.332 e. The molecule has 0 saturated carbocycles. The third kappa shape index (κ3) is 3.91. The number of nitrogens with zero attached hydrogens (tertiary/aromatic N) is 5. The molecule has 0 radical (unpaired) electrons. The number of allylic oxidation sites excluding steroid dienone is 1. The molecule has 2 aliphatic rings. The average Bonchev–Trinajstić information content (AvgIpc) is 3.37. The van der Waals surface area contributed by atoms with Gasteiger partial charge in [0.25, 0.3) is 5.91 Å². The number of hydrogen-bond donors (Lipinski definition) is 1. The van der Waals surface area contributed by atoms with Gasteiger partial charge >= 0.3 is 6.03 Å². The second kappa shape index (κ2) is 8.23. The summed E-state index contributed by atoms with van der Waals surface area (Å²) in [6, 6.07) is 7.71. The Kier molecular flexibility index (Phi) is 5.50. The Morgan fingerprint density at radius 1 is 1.13 bits per heavy atom. The van der Waals surface area contributed by atoms with Gasteiger partial charge in [0.2, 0.25) is 0 Å². The standard InChI is InChI=1S/C22H26N6O2/c1-15-8-24-16(2)20(15)13-27-12-19(10-25-27)28-21(29)14-26(22(28)30)11-18-6-4-5-17(7-18)9-23-3/h4-7,10,12,23H,8-9,11,13-14H2,1-3H3. The minimum absolute atomic E-state index is 0.0658. The smallest absolute Gasteiger partial charge is 0.316 e. The fraction of sp³-hybridized carbons (Fsp3) is 0.364. The van der Waals surface area contributed by atoms with E-state index < -0.39 is 0 Å². The second-order valence-corrected chi connectivity index (χ2v) is 7.77. The van der Waals surface area contributed by atoms with Crippen LogP contribution in [0, 0.1) is 0 Å². The Morgan fingerprint density at radius 3 is 2.67 bits per heavy atom. The number of imide groups is 1. The Hall–Kier alpha value is -3.26. The molecule has 1 saturated heterocycles. The molecule has 156 valence electrons. The summed E-state index contributed by atoms with van der Waals surface area (Å²) < 4.78 is 1.75. The normalized spacial score (nSPS) is 16.8. The lowest BCUT2D eigenvalue weighted by Gasteiger charge is -2.16. The summed E-state index contributed by atoms with van der Waals surface area (Å²) in [4.78, 5) is 32.8. The second-order valence-electron chi connectivity index (χ2n) is 7.77. The molecule has 3 amide bonds. The molecule has 4 rings (SSSR count). The predicted octanol–water partition coefficient (Wildman–Crippen LogP) is 2.36. The highest BCUT2D eigenvalue weighted by molar-refractivity contribution is 6.19. The molecule has 0 bridgehead atoms. The van der Waals surface area contributed by atoms with E-state index in [9.17, 15) is 9.59 Å². The van der Waals surface area contributed by atoms with Crippen LogP contribution in [0.15, 0.2) is 52.8 Å². The van der Waals surface area contributed by atoms with Crippen molar-refractivity contribution in [3.63, 3.8) is 0 Å². The zero-order valence-corrected chi connectivity index (χ0v) is 17.6. The zero-order chi connectivity index (χ0) is 21.3. The fourth-order valence-electron chi connectivity index (χ4n) is 3.89. The number of nitrogens with one attached hydrogen (secondary N) is 1. The first kappa shape index (κ1) is 20.0. The summed E-state index contributed by atoms with van der Waals surface area (Å²) in [5.74, 6) is -0.236. The maximum Gasteiger partial charge on any atom is 0.332 e. The first-order valence-electron chi connectivity index (χ1n) is 10.0. The molecule has 30 heavy (non-hydrogen) atoms. The van der Waals surface area contributed by atoms with Crippen LogP contribution in [0.4, 0.5) is 10.5 Å². The fourth-order valence-corrected chi connectivity index (χ4v) is 3.89. The van der Waals surface area contributed by atoms with Gasteiger partial charge in [-0.1, -0.05) is 24.3 Å². The summed E-state index contributed by atoms with van der Waals surface area (Å²) in [7, 11) is 1.89. The minimum Gasteiger partial charge on any atom is -0.316 e. The van der Waals surface area contributed by atoms with E-state index in [1.54, 1.807) is 22.0 Å². The van der Waals surface area contributed by atoms with Gasteiger partial charge in [-0.15, -0.1) is 0 Å². The molecular formula is C22H26N6O2. The lowest BCUT2D eigenvalue weighted by Crippen LogP contribution is -2.32. The lowest BCUT2D eigenvalue weighted by atomic mass is 10.1. The van der Waals surface area contributed by atoms with E-state index in [1.165, 1.54) is 10.5 Å². The van der Waals surface area contributed by atoms with Crippen LogP contribution >= 0.6 is 0 Å². The number of amides is 3. The molecule has 1 aromatic heterocycles. The molecule has 8 nitrogen and oxygen atoms in total. The van der Waals surface area contributed by atoms with Crippen molar-refractivity contribution >= 4 is 23.3 Å². The molecule has 1 N–H and O–H groups in total. The van der Waals surface area contributed by atoms with Gasteiger partial charge in [0.05, 0.1) is 25.0 Å². The van der Waals surface area contributed by atoms with E-state index >= 15 is 0 Å². The number of carbonyl (C=O) groups is 2. The third-order valence-electron chi connectivity index (χ3n) is 5.49. The van der Waals surface area contributed by atoms with E-state index in [0.717, 1.165) is 35.5 Å². The minimum atomic E-state index is -0.312. The van der Waals surface area contributed by atoms with Crippen molar-refractivity contribution in [3.8, 4) is 0 Å². The van der Waals surface area contributed by atoms with Gasteiger partial charge in [-0.05, 0) is 43.2 Å². The Bertz CT molecular complexity index is 1050. The van der Waals surface area contributed by atoms with Crippen LogP contribution in [0.1, 0.15) is 25.0 Å². The van der Waals surface area contributed by atoms with Crippen LogP contribution in [0.25, 0.3) is 0 Å². The van der Waals surface area contributed by atoms with Crippen molar-refractivity contribution < 1.29 is 9.59 Å². The molecular weight excluding hydrogens is 380 g/mol. The van der Waals surface area contributed by atoms with Crippen molar-refractivity contribution in [3.05, 3.63) is 58.9 Å². The maximum absolute atomic E-state index is 12.9. The summed E-state index contributed by atoms with van der Waals surface area (Å²) >= 11 is 0. The van der Waals surface area contributed by atoms with Gasteiger partial charge in [0.15, 0.2) is 0 Å². The Labute approximate surface area is 175 Å². The molecule has 2 aromatic rings. The zero-order valence-electron chi connectivity index (χ0n) is 17.6. The highest BCUT2D eigenvalue weighted by Gasteiger charge is 2.37. The van der Waals surface area contributed by atoms with E-state index in [-0.39, 0.29) is 18.5 Å². The molecule has 8 heteroatoms. The summed E-state index contributed by atoms with van der Waals surface area (Å²) in [6.07, 6.45) is 3.32. The summed E-state index contributed by atoms with van der Waals surface area (Å²) in [5.41, 5.74) is 6.05. The van der Waals surface area contributed by atoms with E-state index in [1.807, 2.05) is 32.2 Å². The van der Waals surface area contributed by atoms with Gasteiger partial charge < -0.3 is 10.2 Å². The third-order valence-corrected chi connectivity index (χ3v) is 5.49. The average molecular weight is 406 g/mol. The molecule has 1 aromatic carbocycles. The first-order chi connectivity index (χ1) is 14.5. The number of carbonyl (C=O) groups excluding carboxylic acids is 2. The van der Waals surface area contributed by atoms with Gasteiger partial charge in [-0.3, -0.25) is 14.5 Å². The summed E-state index contributed by atoms with van der Waals surface area (Å²) in [6.45, 7) is 6.59. The van der Waals surface area contributed by atoms with Gasteiger partial charge in [0, 0.05) is 25.0 Å². The van der Waals surface area contributed by atoms with Crippen LogP contribution in [0.2, 0.25) is 0 Å². The number of benzene rings is 1. The van der Waals surface area contributed by atoms with Gasteiger partial charge in [-0.2, -0.15) is 5.10 Å². The summed E-state index contributed by atoms with van der Waals surface area (Å²) in [5, 5.41) is 7.48. The molecule has 0 aliphatic carbocycles. The Morgan fingerprint density at radius 2 is 1.93 bits per heavy atom. The quantitative estimate of drug-likeness (QED) is 0.716. The SMILES string of the molecule is CNCc1cccc(CN2CC(=O)N(c3cnn(CC4=C(C)CN=C4C)c3)C2=O)c1. The van der Waals surface area contributed by atoms with Crippen molar-refractivity contribution in [2.75, 3.05) is 25.0 Å².